The van der Waals surface area contributed by atoms with E-state index >= 15 is 0 Å². The number of carbonyl (C=O) groups excluding carboxylic acids is 2. The maximum atomic E-state index is 12.5. The van der Waals surface area contributed by atoms with Gasteiger partial charge in [0, 0.05) is 20.0 Å². The van der Waals surface area contributed by atoms with E-state index in [-0.39, 0.29) is 23.9 Å². The summed E-state index contributed by atoms with van der Waals surface area (Å²) in [5.74, 6) is 0.441. The van der Waals surface area contributed by atoms with Crippen LogP contribution in [0.1, 0.15) is 44.6 Å². The molecule has 2 atom stereocenters. The van der Waals surface area contributed by atoms with Crippen molar-refractivity contribution < 1.29 is 14.3 Å². The summed E-state index contributed by atoms with van der Waals surface area (Å²) >= 11 is 0. The Morgan fingerprint density at radius 2 is 1.79 bits per heavy atom. The van der Waals surface area contributed by atoms with Gasteiger partial charge in [0.1, 0.15) is 6.10 Å². The van der Waals surface area contributed by atoms with Crippen molar-refractivity contribution in [2.75, 3.05) is 13.1 Å². The van der Waals surface area contributed by atoms with Gasteiger partial charge in [-0.3, -0.25) is 9.59 Å². The maximum absolute atomic E-state index is 12.5. The predicted octanol–water partition coefficient (Wildman–Crippen LogP) is 3.20. The minimum absolute atomic E-state index is 0.0430. The number of carbonyl (C=O) groups is 2. The van der Waals surface area contributed by atoms with Crippen LogP contribution in [0, 0.1) is 11.8 Å². The Bertz CT molecular complexity index is 564. The Hall–Kier alpha value is -1.84. The fourth-order valence-electron chi connectivity index (χ4n) is 3.98. The van der Waals surface area contributed by atoms with Gasteiger partial charge in [-0.05, 0) is 50.0 Å². The van der Waals surface area contributed by atoms with Crippen LogP contribution >= 0.6 is 0 Å². The molecule has 24 heavy (non-hydrogen) atoms. The van der Waals surface area contributed by atoms with Crippen molar-refractivity contribution in [3.63, 3.8) is 0 Å². The highest BCUT2D eigenvalue weighted by Gasteiger charge is 2.34. The number of esters is 1. The van der Waals surface area contributed by atoms with Gasteiger partial charge in [0.05, 0.1) is 5.92 Å². The minimum atomic E-state index is -0.0526. The first kappa shape index (κ1) is 17.0. The molecular weight excluding hydrogens is 302 g/mol. The van der Waals surface area contributed by atoms with Crippen molar-refractivity contribution in [2.45, 2.75) is 51.6 Å². The third-order valence-electron chi connectivity index (χ3n) is 5.47. The zero-order valence-electron chi connectivity index (χ0n) is 14.4. The summed E-state index contributed by atoms with van der Waals surface area (Å²) in [6.07, 6.45) is 5.76. The molecule has 0 spiro atoms. The minimum Gasteiger partial charge on any atom is -0.462 e. The Morgan fingerprint density at radius 3 is 2.46 bits per heavy atom. The van der Waals surface area contributed by atoms with Crippen LogP contribution < -0.4 is 0 Å². The van der Waals surface area contributed by atoms with E-state index in [4.69, 9.17) is 4.74 Å². The molecule has 1 aliphatic carbocycles. The molecule has 1 aliphatic heterocycles. The second-order valence-electron chi connectivity index (χ2n) is 7.14. The standard InChI is InChI=1S/C20H27NO3/c1-15(22)21-12-10-17(11-13-21)20(23)24-19-9-5-8-18(19)14-16-6-3-2-4-7-16/h2-4,6-7,17-19H,5,8-14H2,1H3/t18-,19+/m1/s1. The van der Waals surface area contributed by atoms with Gasteiger partial charge >= 0.3 is 5.97 Å². The number of nitrogens with zero attached hydrogens (tertiary/aromatic N) is 1. The van der Waals surface area contributed by atoms with Crippen LogP contribution in [-0.2, 0) is 20.7 Å². The fraction of sp³-hybridized carbons (Fsp3) is 0.600. The van der Waals surface area contributed by atoms with Crippen LogP contribution in [0.15, 0.2) is 30.3 Å². The third-order valence-corrected chi connectivity index (χ3v) is 5.47. The molecule has 1 amide bonds. The van der Waals surface area contributed by atoms with Gasteiger partial charge < -0.3 is 9.64 Å². The van der Waals surface area contributed by atoms with Crippen molar-refractivity contribution in [1.29, 1.82) is 0 Å². The summed E-state index contributed by atoms with van der Waals surface area (Å²) in [5, 5.41) is 0. The van der Waals surface area contributed by atoms with E-state index in [0.717, 1.165) is 38.5 Å². The van der Waals surface area contributed by atoms with Gasteiger partial charge in [0.25, 0.3) is 0 Å². The highest BCUT2D eigenvalue weighted by molar-refractivity contribution is 5.75. The number of ether oxygens (including phenoxy) is 1. The molecule has 1 saturated carbocycles. The van der Waals surface area contributed by atoms with Crippen molar-refractivity contribution in [1.82, 2.24) is 4.90 Å². The molecule has 0 N–H and O–H groups in total. The van der Waals surface area contributed by atoms with E-state index in [9.17, 15) is 9.59 Å². The Balaban J connectivity index is 1.51. The third kappa shape index (κ3) is 4.16. The topological polar surface area (TPSA) is 46.6 Å². The molecule has 0 bridgehead atoms. The zero-order valence-corrected chi connectivity index (χ0v) is 14.4. The van der Waals surface area contributed by atoms with Gasteiger partial charge in [-0.25, -0.2) is 0 Å². The molecule has 0 radical (unpaired) electrons. The Morgan fingerprint density at radius 1 is 1.08 bits per heavy atom. The summed E-state index contributed by atoms with van der Waals surface area (Å²) in [7, 11) is 0. The number of benzene rings is 1. The molecule has 0 unspecified atom stereocenters. The summed E-state index contributed by atoms with van der Waals surface area (Å²) in [5.41, 5.74) is 1.32. The monoisotopic (exact) mass is 329 g/mol. The van der Waals surface area contributed by atoms with E-state index < -0.39 is 0 Å². The number of piperidine rings is 1. The molecule has 1 aromatic carbocycles. The normalized spacial score (nSPS) is 24.8. The highest BCUT2D eigenvalue weighted by Crippen LogP contribution is 2.32. The highest BCUT2D eigenvalue weighted by atomic mass is 16.5. The van der Waals surface area contributed by atoms with Gasteiger partial charge in [0.2, 0.25) is 5.91 Å². The lowest BCUT2D eigenvalue weighted by molar-refractivity contribution is -0.158. The van der Waals surface area contributed by atoms with Crippen LogP contribution in [0.5, 0.6) is 0 Å². The lowest BCUT2D eigenvalue weighted by Gasteiger charge is -2.31. The average Bonchev–Trinajstić information content (AvgIpc) is 3.02. The molecule has 0 aromatic heterocycles. The Labute approximate surface area is 144 Å². The van der Waals surface area contributed by atoms with Crippen molar-refractivity contribution >= 4 is 11.9 Å². The summed E-state index contributed by atoms with van der Waals surface area (Å²) in [4.78, 5) is 25.7. The van der Waals surface area contributed by atoms with Gasteiger partial charge in [-0.1, -0.05) is 30.3 Å². The smallest absolute Gasteiger partial charge is 0.309 e. The quantitative estimate of drug-likeness (QED) is 0.797. The molecule has 2 fully saturated rings. The zero-order chi connectivity index (χ0) is 16.9. The summed E-state index contributed by atoms with van der Waals surface area (Å²) in [6.45, 7) is 2.94. The first-order valence-corrected chi connectivity index (χ1v) is 9.13. The van der Waals surface area contributed by atoms with Gasteiger partial charge in [-0.2, -0.15) is 0 Å². The van der Waals surface area contributed by atoms with Crippen LogP contribution in [-0.4, -0.2) is 36.0 Å². The molecule has 4 nitrogen and oxygen atoms in total. The number of rotatable bonds is 4. The van der Waals surface area contributed by atoms with Crippen molar-refractivity contribution in [3.05, 3.63) is 35.9 Å². The van der Waals surface area contributed by atoms with Crippen molar-refractivity contribution in [3.8, 4) is 0 Å². The SMILES string of the molecule is CC(=O)N1CCC(C(=O)O[C@H]2CCC[C@@H]2Cc2ccccc2)CC1. The van der Waals surface area contributed by atoms with Crippen LogP contribution in [0.25, 0.3) is 0 Å². The summed E-state index contributed by atoms with van der Waals surface area (Å²) < 4.78 is 5.89. The lowest BCUT2D eigenvalue weighted by atomic mass is 9.95. The first-order valence-electron chi connectivity index (χ1n) is 9.13. The number of likely N-dealkylation sites (tertiary alicyclic amines) is 1. The number of hydrogen-bond donors (Lipinski definition) is 0. The van der Waals surface area contributed by atoms with E-state index in [1.54, 1.807) is 6.92 Å². The molecule has 4 heteroatoms. The van der Waals surface area contributed by atoms with E-state index in [1.165, 1.54) is 5.56 Å². The first-order chi connectivity index (χ1) is 11.6. The molecule has 130 valence electrons. The molecule has 3 rings (SSSR count). The number of amides is 1. The molecular formula is C20H27NO3. The van der Waals surface area contributed by atoms with Crippen LogP contribution in [0.4, 0.5) is 0 Å². The van der Waals surface area contributed by atoms with Crippen LogP contribution in [0.3, 0.4) is 0 Å². The molecule has 1 heterocycles. The molecule has 2 aliphatic rings. The second kappa shape index (κ2) is 7.82. The van der Waals surface area contributed by atoms with Gasteiger partial charge in [0.15, 0.2) is 0 Å². The van der Waals surface area contributed by atoms with E-state index in [0.29, 0.717) is 19.0 Å². The molecule has 1 aromatic rings. The summed E-state index contributed by atoms with van der Waals surface area (Å²) in [6, 6.07) is 10.5. The van der Waals surface area contributed by atoms with E-state index in [1.807, 2.05) is 11.0 Å². The van der Waals surface area contributed by atoms with Crippen molar-refractivity contribution in [2.24, 2.45) is 11.8 Å². The lowest BCUT2D eigenvalue weighted by Crippen LogP contribution is -2.40. The Kier molecular flexibility index (Phi) is 5.54. The predicted molar refractivity (Wildman–Crippen MR) is 92.3 cm³/mol. The fourth-order valence-corrected chi connectivity index (χ4v) is 3.98. The maximum Gasteiger partial charge on any atom is 0.309 e. The second-order valence-corrected chi connectivity index (χ2v) is 7.14. The largest absolute Gasteiger partial charge is 0.462 e. The molecule has 1 saturated heterocycles. The van der Waals surface area contributed by atoms with Crippen LogP contribution in [0.2, 0.25) is 0 Å². The van der Waals surface area contributed by atoms with Gasteiger partial charge in [-0.15, -0.1) is 0 Å². The number of hydrogen-bond acceptors (Lipinski definition) is 3. The average molecular weight is 329 g/mol. The van der Waals surface area contributed by atoms with E-state index in [2.05, 4.69) is 24.3 Å².